The first kappa shape index (κ1) is 15.4. The van der Waals surface area contributed by atoms with E-state index in [1.165, 1.54) is 5.56 Å². The Hall–Kier alpha value is -1.94. The Morgan fingerprint density at radius 1 is 1.14 bits per heavy atom. The van der Waals surface area contributed by atoms with E-state index in [2.05, 4.69) is 50.2 Å². The number of benzene rings is 1. The van der Waals surface area contributed by atoms with Crippen molar-refractivity contribution in [3.63, 3.8) is 0 Å². The van der Waals surface area contributed by atoms with E-state index in [1.807, 2.05) is 24.3 Å². The highest BCUT2D eigenvalue weighted by Gasteiger charge is 2.27. The van der Waals surface area contributed by atoms with Crippen molar-refractivity contribution in [2.45, 2.75) is 39.5 Å². The summed E-state index contributed by atoms with van der Waals surface area (Å²) in [6.07, 6.45) is 0.912. The maximum absolute atomic E-state index is 5.56. The van der Waals surface area contributed by atoms with Crippen LogP contribution in [-0.2, 0) is 11.8 Å². The van der Waals surface area contributed by atoms with Gasteiger partial charge in [-0.2, -0.15) is 0 Å². The molecule has 4 heteroatoms. The van der Waals surface area contributed by atoms with Gasteiger partial charge in [0.25, 0.3) is 0 Å². The smallest absolute Gasteiger partial charge is 0.143 e. The van der Waals surface area contributed by atoms with Gasteiger partial charge in [0.05, 0.1) is 0 Å². The molecule has 0 fully saturated rings. The van der Waals surface area contributed by atoms with Crippen LogP contribution in [0.2, 0.25) is 0 Å². The van der Waals surface area contributed by atoms with E-state index >= 15 is 0 Å². The zero-order valence-electron chi connectivity index (χ0n) is 13.2. The summed E-state index contributed by atoms with van der Waals surface area (Å²) in [5.74, 6) is 7.56. The van der Waals surface area contributed by atoms with Gasteiger partial charge in [0.1, 0.15) is 11.6 Å². The van der Waals surface area contributed by atoms with Gasteiger partial charge in [0.15, 0.2) is 0 Å². The number of nitrogens with one attached hydrogen (secondary N) is 1. The number of hydrogen-bond donors (Lipinski definition) is 2. The molecule has 1 heterocycles. The van der Waals surface area contributed by atoms with Gasteiger partial charge in [-0.05, 0) is 31.7 Å². The van der Waals surface area contributed by atoms with Gasteiger partial charge in [-0.15, -0.1) is 0 Å². The van der Waals surface area contributed by atoms with Gasteiger partial charge < -0.3 is 5.43 Å². The number of hydrazine groups is 1. The van der Waals surface area contributed by atoms with Crippen molar-refractivity contribution in [3.05, 3.63) is 53.5 Å². The van der Waals surface area contributed by atoms with E-state index in [0.29, 0.717) is 11.7 Å². The molecule has 21 heavy (non-hydrogen) atoms. The van der Waals surface area contributed by atoms with E-state index in [9.17, 15) is 0 Å². The summed E-state index contributed by atoms with van der Waals surface area (Å²) in [4.78, 5) is 9.32. The van der Waals surface area contributed by atoms with Crippen molar-refractivity contribution in [2.75, 3.05) is 5.43 Å². The summed E-state index contributed by atoms with van der Waals surface area (Å²) < 4.78 is 0. The van der Waals surface area contributed by atoms with Crippen LogP contribution >= 0.6 is 0 Å². The SMILES string of the molecule is CC(C)Cc1cc(NN)nc(C(C)(C)c2ccccc2)n1. The molecule has 4 nitrogen and oxygen atoms in total. The number of anilines is 1. The van der Waals surface area contributed by atoms with Crippen LogP contribution in [0.15, 0.2) is 36.4 Å². The van der Waals surface area contributed by atoms with Crippen LogP contribution in [0, 0.1) is 5.92 Å². The number of nitrogens with two attached hydrogens (primary N) is 1. The fourth-order valence-corrected chi connectivity index (χ4v) is 2.36. The van der Waals surface area contributed by atoms with E-state index < -0.39 is 0 Å². The minimum absolute atomic E-state index is 0.264. The van der Waals surface area contributed by atoms with E-state index in [0.717, 1.165) is 17.9 Å². The van der Waals surface area contributed by atoms with Crippen LogP contribution in [0.3, 0.4) is 0 Å². The average Bonchev–Trinajstić information content (AvgIpc) is 2.47. The summed E-state index contributed by atoms with van der Waals surface area (Å²) in [7, 11) is 0. The third kappa shape index (κ3) is 3.58. The Balaban J connectivity index is 2.46. The summed E-state index contributed by atoms with van der Waals surface area (Å²) in [6, 6.07) is 12.2. The highest BCUT2D eigenvalue weighted by molar-refractivity contribution is 5.39. The summed E-state index contributed by atoms with van der Waals surface area (Å²) in [5.41, 5.74) is 4.60. The Kier molecular flexibility index (Phi) is 4.58. The van der Waals surface area contributed by atoms with Gasteiger partial charge in [-0.3, -0.25) is 0 Å². The molecule has 0 radical (unpaired) electrons. The molecule has 0 saturated carbocycles. The van der Waals surface area contributed by atoms with Crippen LogP contribution in [-0.4, -0.2) is 9.97 Å². The molecular weight excluding hydrogens is 260 g/mol. The predicted octanol–water partition coefficient (Wildman–Crippen LogP) is 3.29. The summed E-state index contributed by atoms with van der Waals surface area (Å²) in [5, 5.41) is 0. The number of rotatable bonds is 5. The van der Waals surface area contributed by atoms with Crippen molar-refractivity contribution < 1.29 is 0 Å². The highest BCUT2D eigenvalue weighted by Crippen LogP contribution is 2.29. The molecule has 0 amide bonds. The lowest BCUT2D eigenvalue weighted by Gasteiger charge is -2.25. The van der Waals surface area contributed by atoms with Gasteiger partial charge >= 0.3 is 0 Å². The Morgan fingerprint density at radius 3 is 2.38 bits per heavy atom. The second-order valence-electron chi connectivity index (χ2n) is 6.30. The Bertz CT molecular complexity index is 591. The van der Waals surface area contributed by atoms with E-state index in [1.54, 1.807) is 0 Å². The number of hydrogen-bond acceptors (Lipinski definition) is 4. The summed E-state index contributed by atoms with van der Waals surface area (Å²) in [6.45, 7) is 8.63. The first-order valence-electron chi connectivity index (χ1n) is 7.34. The Labute approximate surface area is 126 Å². The van der Waals surface area contributed by atoms with Gasteiger partial charge in [0, 0.05) is 17.2 Å². The fourth-order valence-electron chi connectivity index (χ4n) is 2.36. The molecule has 1 aromatic carbocycles. The van der Waals surface area contributed by atoms with Crippen LogP contribution < -0.4 is 11.3 Å². The largest absolute Gasteiger partial charge is 0.308 e. The van der Waals surface area contributed by atoms with Crippen LogP contribution in [0.5, 0.6) is 0 Å². The molecule has 112 valence electrons. The van der Waals surface area contributed by atoms with Crippen molar-refractivity contribution >= 4 is 5.82 Å². The molecule has 2 rings (SSSR count). The molecule has 3 N–H and O–H groups in total. The quantitative estimate of drug-likeness (QED) is 0.653. The van der Waals surface area contributed by atoms with Gasteiger partial charge in [-0.25, -0.2) is 15.8 Å². The van der Waals surface area contributed by atoms with Crippen LogP contribution in [0.4, 0.5) is 5.82 Å². The zero-order valence-corrected chi connectivity index (χ0v) is 13.2. The lowest BCUT2D eigenvalue weighted by atomic mass is 9.83. The lowest BCUT2D eigenvalue weighted by Crippen LogP contribution is -2.24. The molecule has 0 bridgehead atoms. The number of nitrogen functional groups attached to an aromatic ring is 1. The normalized spacial score (nSPS) is 11.7. The lowest BCUT2D eigenvalue weighted by molar-refractivity contribution is 0.572. The van der Waals surface area contributed by atoms with Gasteiger partial charge in [0.2, 0.25) is 0 Å². The maximum Gasteiger partial charge on any atom is 0.143 e. The van der Waals surface area contributed by atoms with Crippen molar-refractivity contribution in [2.24, 2.45) is 11.8 Å². The van der Waals surface area contributed by atoms with E-state index in [4.69, 9.17) is 10.8 Å². The van der Waals surface area contributed by atoms with Crippen LogP contribution in [0.1, 0.15) is 44.8 Å². The Morgan fingerprint density at radius 2 is 1.81 bits per heavy atom. The minimum Gasteiger partial charge on any atom is -0.308 e. The standard InChI is InChI=1S/C17H24N4/c1-12(2)10-14-11-15(21-18)20-16(19-14)17(3,4)13-8-6-5-7-9-13/h5-9,11-12H,10,18H2,1-4H3,(H,19,20,21). The average molecular weight is 284 g/mol. The molecule has 1 aromatic heterocycles. The van der Waals surface area contributed by atoms with Crippen molar-refractivity contribution in [1.82, 2.24) is 9.97 Å². The third-order valence-electron chi connectivity index (χ3n) is 3.60. The molecule has 0 saturated heterocycles. The molecule has 0 aliphatic heterocycles. The molecular formula is C17H24N4. The number of aromatic nitrogens is 2. The van der Waals surface area contributed by atoms with E-state index in [-0.39, 0.29) is 5.41 Å². The molecule has 0 aliphatic rings. The zero-order chi connectivity index (χ0) is 15.5. The highest BCUT2D eigenvalue weighted by atomic mass is 15.3. The second-order valence-corrected chi connectivity index (χ2v) is 6.30. The fraction of sp³-hybridized carbons (Fsp3) is 0.412. The monoisotopic (exact) mass is 284 g/mol. The summed E-state index contributed by atoms with van der Waals surface area (Å²) >= 11 is 0. The molecule has 0 unspecified atom stereocenters. The maximum atomic E-state index is 5.56. The topological polar surface area (TPSA) is 63.8 Å². The third-order valence-corrected chi connectivity index (χ3v) is 3.60. The van der Waals surface area contributed by atoms with Crippen LogP contribution in [0.25, 0.3) is 0 Å². The van der Waals surface area contributed by atoms with Crippen molar-refractivity contribution in [1.29, 1.82) is 0 Å². The first-order chi connectivity index (χ1) is 9.93. The van der Waals surface area contributed by atoms with Crippen molar-refractivity contribution in [3.8, 4) is 0 Å². The molecule has 0 atom stereocenters. The second kappa shape index (κ2) is 6.22. The minimum atomic E-state index is -0.264. The first-order valence-corrected chi connectivity index (χ1v) is 7.34. The number of nitrogens with zero attached hydrogens (tertiary/aromatic N) is 2. The molecule has 2 aromatic rings. The molecule has 0 aliphatic carbocycles. The molecule has 0 spiro atoms. The van der Waals surface area contributed by atoms with Gasteiger partial charge in [-0.1, -0.05) is 44.2 Å². The predicted molar refractivity (Wildman–Crippen MR) is 87.0 cm³/mol.